The molecule has 2 aliphatic heterocycles. The first kappa shape index (κ1) is 21.4. The van der Waals surface area contributed by atoms with Crippen LogP contribution >= 0.6 is 0 Å². The van der Waals surface area contributed by atoms with Crippen molar-refractivity contribution in [1.82, 2.24) is 9.80 Å². The van der Waals surface area contributed by atoms with Crippen molar-refractivity contribution >= 4 is 0 Å². The molecular formula is C23H29F3N2O2. The lowest BCUT2D eigenvalue weighted by Crippen LogP contribution is -2.48. The SMILES string of the molecule is COC1CCN(C2CCN(Cc3ccc(-c4ccccc4C(F)(F)F)o3)CC2)CC1. The highest BCUT2D eigenvalue weighted by molar-refractivity contribution is 5.63. The van der Waals surface area contributed by atoms with E-state index in [2.05, 4.69) is 9.80 Å². The molecule has 3 heterocycles. The molecule has 0 unspecified atom stereocenters. The van der Waals surface area contributed by atoms with Crippen LogP contribution in [0.5, 0.6) is 0 Å². The average molecular weight is 422 g/mol. The fraction of sp³-hybridized carbons (Fsp3) is 0.565. The summed E-state index contributed by atoms with van der Waals surface area (Å²) < 4.78 is 51.1. The number of nitrogens with zero attached hydrogens (tertiary/aromatic N) is 2. The molecule has 7 heteroatoms. The monoisotopic (exact) mass is 422 g/mol. The average Bonchev–Trinajstić information content (AvgIpc) is 3.22. The Morgan fingerprint density at radius 1 is 0.967 bits per heavy atom. The molecule has 0 bridgehead atoms. The summed E-state index contributed by atoms with van der Waals surface area (Å²) in [5, 5.41) is 0. The van der Waals surface area contributed by atoms with Gasteiger partial charge in [0.15, 0.2) is 0 Å². The molecule has 2 fully saturated rings. The largest absolute Gasteiger partial charge is 0.460 e. The van der Waals surface area contributed by atoms with Gasteiger partial charge < -0.3 is 14.1 Å². The minimum Gasteiger partial charge on any atom is -0.460 e. The van der Waals surface area contributed by atoms with Crippen LogP contribution < -0.4 is 0 Å². The number of hydrogen-bond acceptors (Lipinski definition) is 4. The van der Waals surface area contributed by atoms with Gasteiger partial charge in [0.05, 0.1) is 18.2 Å². The lowest BCUT2D eigenvalue weighted by molar-refractivity contribution is -0.137. The summed E-state index contributed by atoms with van der Waals surface area (Å²) in [5.74, 6) is 0.982. The molecule has 4 rings (SSSR count). The van der Waals surface area contributed by atoms with Crippen LogP contribution in [0.3, 0.4) is 0 Å². The lowest BCUT2D eigenvalue weighted by Gasteiger charge is -2.41. The van der Waals surface area contributed by atoms with E-state index in [1.54, 1.807) is 25.3 Å². The van der Waals surface area contributed by atoms with Gasteiger partial charge in [0.25, 0.3) is 0 Å². The van der Waals surface area contributed by atoms with Crippen molar-refractivity contribution in [2.75, 3.05) is 33.3 Å². The third-order valence-corrected chi connectivity index (χ3v) is 6.42. The number of halogens is 3. The molecule has 164 valence electrons. The molecule has 0 amide bonds. The first-order valence-corrected chi connectivity index (χ1v) is 10.7. The van der Waals surface area contributed by atoms with Crippen molar-refractivity contribution in [2.45, 2.75) is 50.6 Å². The summed E-state index contributed by atoms with van der Waals surface area (Å²) in [6, 6.07) is 9.62. The highest BCUT2D eigenvalue weighted by atomic mass is 19.4. The lowest BCUT2D eigenvalue weighted by atomic mass is 9.99. The van der Waals surface area contributed by atoms with Crippen molar-refractivity contribution in [3.8, 4) is 11.3 Å². The number of alkyl halides is 3. The van der Waals surface area contributed by atoms with Crippen molar-refractivity contribution in [2.24, 2.45) is 0 Å². The van der Waals surface area contributed by atoms with E-state index in [9.17, 15) is 13.2 Å². The molecule has 1 aromatic heterocycles. The van der Waals surface area contributed by atoms with Gasteiger partial charge in [-0.1, -0.05) is 18.2 Å². The van der Waals surface area contributed by atoms with E-state index in [4.69, 9.17) is 9.15 Å². The third kappa shape index (κ3) is 4.90. The van der Waals surface area contributed by atoms with Gasteiger partial charge in [-0.05, 0) is 43.9 Å². The highest BCUT2D eigenvalue weighted by Gasteiger charge is 2.34. The molecule has 2 aliphatic rings. The Bertz CT molecular complexity index is 820. The predicted octanol–water partition coefficient (Wildman–Crippen LogP) is 5.04. The van der Waals surface area contributed by atoms with Crippen LogP contribution in [-0.4, -0.2) is 55.2 Å². The highest BCUT2D eigenvalue weighted by Crippen LogP contribution is 2.37. The van der Waals surface area contributed by atoms with Crippen LogP contribution in [-0.2, 0) is 17.5 Å². The second-order valence-electron chi connectivity index (χ2n) is 8.29. The summed E-state index contributed by atoms with van der Waals surface area (Å²) in [5.41, 5.74) is -0.571. The smallest absolute Gasteiger partial charge is 0.417 e. The summed E-state index contributed by atoms with van der Waals surface area (Å²) in [7, 11) is 1.79. The molecular weight excluding hydrogens is 393 g/mol. The molecule has 0 aliphatic carbocycles. The zero-order chi connectivity index (χ0) is 21.1. The summed E-state index contributed by atoms with van der Waals surface area (Å²) in [6.07, 6.45) is 0.432. The maximum atomic E-state index is 13.3. The predicted molar refractivity (Wildman–Crippen MR) is 109 cm³/mol. The standard InChI is InChI=1S/C23H29F3N2O2/c1-29-18-10-14-28(15-11-18)17-8-12-27(13-9-17)16-19-6-7-22(30-19)20-4-2-3-5-21(20)23(24,25)26/h2-7,17-18H,8-16H2,1H3. The van der Waals surface area contributed by atoms with E-state index < -0.39 is 11.7 Å². The van der Waals surface area contributed by atoms with Crippen molar-refractivity contribution < 1.29 is 22.3 Å². The molecule has 0 N–H and O–H groups in total. The van der Waals surface area contributed by atoms with Gasteiger partial charge >= 0.3 is 6.18 Å². The fourth-order valence-electron chi connectivity index (χ4n) is 4.69. The minimum atomic E-state index is -4.40. The van der Waals surface area contributed by atoms with Crippen molar-refractivity contribution in [3.05, 3.63) is 47.7 Å². The maximum Gasteiger partial charge on any atom is 0.417 e. The molecule has 0 radical (unpaired) electrons. The van der Waals surface area contributed by atoms with Crippen LogP contribution in [0.1, 0.15) is 37.0 Å². The number of likely N-dealkylation sites (tertiary alicyclic amines) is 2. The second kappa shape index (κ2) is 9.12. The van der Waals surface area contributed by atoms with Crippen LogP contribution in [0, 0.1) is 0 Å². The van der Waals surface area contributed by atoms with Gasteiger partial charge in [0, 0.05) is 44.9 Å². The Balaban J connectivity index is 1.33. The van der Waals surface area contributed by atoms with Gasteiger partial charge in [0.1, 0.15) is 11.5 Å². The Kier molecular flexibility index (Phi) is 6.51. The van der Waals surface area contributed by atoms with Gasteiger partial charge in [0.2, 0.25) is 0 Å². The van der Waals surface area contributed by atoms with E-state index in [0.717, 1.165) is 57.9 Å². The number of benzene rings is 1. The maximum absolute atomic E-state index is 13.3. The Morgan fingerprint density at radius 2 is 1.67 bits per heavy atom. The van der Waals surface area contributed by atoms with E-state index in [1.807, 2.05) is 0 Å². The Hall–Kier alpha value is -1.83. The molecule has 1 aromatic carbocycles. The zero-order valence-electron chi connectivity index (χ0n) is 17.3. The normalized spacial score (nSPS) is 20.7. The molecule has 0 spiro atoms. The number of rotatable bonds is 5. The molecule has 30 heavy (non-hydrogen) atoms. The molecule has 2 saturated heterocycles. The van der Waals surface area contributed by atoms with E-state index in [-0.39, 0.29) is 11.3 Å². The number of furan rings is 1. The van der Waals surface area contributed by atoms with Gasteiger partial charge in [-0.25, -0.2) is 0 Å². The number of hydrogen-bond donors (Lipinski definition) is 0. The minimum absolute atomic E-state index is 0.0921. The van der Waals surface area contributed by atoms with Gasteiger partial charge in [-0.15, -0.1) is 0 Å². The topological polar surface area (TPSA) is 28.9 Å². The van der Waals surface area contributed by atoms with Crippen molar-refractivity contribution in [3.63, 3.8) is 0 Å². The van der Waals surface area contributed by atoms with Gasteiger partial charge in [-0.3, -0.25) is 4.90 Å². The fourth-order valence-corrected chi connectivity index (χ4v) is 4.69. The molecule has 0 atom stereocenters. The zero-order valence-corrected chi connectivity index (χ0v) is 17.3. The van der Waals surface area contributed by atoms with Crippen LogP contribution in [0.25, 0.3) is 11.3 Å². The van der Waals surface area contributed by atoms with Gasteiger partial charge in [-0.2, -0.15) is 13.2 Å². The third-order valence-electron chi connectivity index (χ3n) is 6.42. The summed E-state index contributed by atoms with van der Waals surface area (Å²) in [4.78, 5) is 4.92. The van der Waals surface area contributed by atoms with Crippen LogP contribution in [0.15, 0.2) is 40.8 Å². The molecule has 0 saturated carbocycles. The van der Waals surface area contributed by atoms with Crippen LogP contribution in [0.2, 0.25) is 0 Å². The Labute approximate surface area is 175 Å². The van der Waals surface area contributed by atoms with E-state index in [0.29, 0.717) is 24.5 Å². The summed E-state index contributed by atoms with van der Waals surface area (Å²) >= 11 is 0. The number of piperidine rings is 2. The Morgan fingerprint density at radius 3 is 2.33 bits per heavy atom. The van der Waals surface area contributed by atoms with Crippen molar-refractivity contribution in [1.29, 1.82) is 0 Å². The quantitative estimate of drug-likeness (QED) is 0.675. The van der Waals surface area contributed by atoms with E-state index >= 15 is 0 Å². The summed E-state index contributed by atoms with van der Waals surface area (Å²) in [6.45, 7) is 4.79. The second-order valence-corrected chi connectivity index (χ2v) is 8.29. The first-order valence-electron chi connectivity index (χ1n) is 10.7. The number of methoxy groups -OCH3 is 1. The van der Waals surface area contributed by atoms with E-state index in [1.165, 1.54) is 12.1 Å². The first-order chi connectivity index (χ1) is 14.4. The molecule has 2 aromatic rings. The number of ether oxygens (including phenoxy) is 1. The van der Waals surface area contributed by atoms with Crippen LogP contribution in [0.4, 0.5) is 13.2 Å². The molecule has 4 nitrogen and oxygen atoms in total.